The van der Waals surface area contributed by atoms with E-state index in [0.717, 1.165) is 38.4 Å². The molecule has 0 bridgehead atoms. The van der Waals surface area contributed by atoms with E-state index in [0.29, 0.717) is 10.7 Å². The number of halogens is 1. The summed E-state index contributed by atoms with van der Waals surface area (Å²) >= 11 is 6.12. The minimum absolute atomic E-state index is 0.0470. The Balaban J connectivity index is 1.93. The van der Waals surface area contributed by atoms with Crippen molar-refractivity contribution in [2.24, 2.45) is 0 Å². The molecule has 0 radical (unpaired) electrons. The molecule has 1 saturated heterocycles. The highest BCUT2D eigenvalue weighted by Crippen LogP contribution is 2.32. The third kappa shape index (κ3) is 4.35. The van der Waals surface area contributed by atoms with Gasteiger partial charge in [-0.3, -0.25) is 4.72 Å². The predicted molar refractivity (Wildman–Crippen MR) is 108 cm³/mol. The van der Waals surface area contributed by atoms with Gasteiger partial charge in [0.2, 0.25) is 0 Å². The van der Waals surface area contributed by atoms with E-state index in [4.69, 9.17) is 11.6 Å². The standard InChI is InChI=1S/C19H21ClN4O2S/c1-2-23-9-11-24(12-10-23)18-8-7-16(20)13-17(18)22-27(25,26)19-6-4-3-5-15(19)14-21/h3-8,13,22H,2,9-12H2,1H3. The van der Waals surface area contributed by atoms with E-state index in [-0.39, 0.29) is 10.5 Å². The van der Waals surface area contributed by atoms with Gasteiger partial charge < -0.3 is 9.80 Å². The number of nitriles is 1. The Morgan fingerprint density at radius 2 is 1.85 bits per heavy atom. The summed E-state index contributed by atoms with van der Waals surface area (Å²) in [4.78, 5) is 4.45. The molecule has 0 spiro atoms. The fourth-order valence-electron chi connectivity index (χ4n) is 3.16. The quantitative estimate of drug-likeness (QED) is 0.828. The van der Waals surface area contributed by atoms with Gasteiger partial charge in [-0.2, -0.15) is 5.26 Å². The van der Waals surface area contributed by atoms with Gasteiger partial charge in [0.25, 0.3) is 10.0 Å². The summed E-state index contributed by atoms with van der Waals surface area (Å²) in [7, 11) is -3.92. The number of hydrogen-bond donors (Lipinski definition) is 1. The van der Waals surface area contributed by atoms with Crippen molar-refractivity contribution in [2.45, 2.75) is 11.8 Å². The van der Waals surface area contributed by atoms with E-state index in [1.54, 1.807) is 24.3 Å². The molecule has 1 fully saturated rings. The topological polar surface area (TPSA) is 76.4 Å². The van der Waals surface area contributed by atoms with Gasteiger partial charge in [0, 0.05) is 31.2 Å². The van der Waals surface area contributed by atoms with Crippen LogP contribution in [0.4, 0.5) is 11.4 Å². The zero-order valence-electron chi connectivity index (χ0n) is 15.0. The molecule has 0 aliphatic carbocycles. The molecule has 1 N–H and O–H groups in total. The van der Waals surface area contributed by atoms with Crippen LogP contribution in [0.25, 0.3) is 0 Å². The maximum absolute atomic E-state index is 12.9. The van der Waals surface area contributed by atoms with Gasteiger partial charge in [0.15, 0.2) is 0 Å². The van der Waals surface area contributed by atoms with Crippen molar-refractivity contribution in [1.82, 2.24) is 4.90 Å². The van der Waals surface area contributed by atoms with Crippen LogP contribution in [0, 0.1) is 11.3 Å². The second-order valence-corrected chi connectivity index (χ2v) is 8.38. The lowest BCUT2D eigenvalue weighted by Crippen LogP contribution is -2.46. The Morgan fingerprint density at radius 1 is 1.15 bits per heavy atom. The first-order chi connectivity index (χ1) is 12.9. The van der Waals surface area contributed by atoms with Crippen molar-refractivity contribution >= 4 is 33.0 Å². The normalized spacial score (nSPS) is 15.4. The molecule has 1 aliphatic rings. The minimum Gasteiger partial charge on any atom is -0.367 e. The van der Waals surface area contributed by atoms with Crippen molar-refractivity contribution < 1.29 is 8.42 Å². The van der Waals surface area contributed by atoms with E-state index in [1.807, 2.05) is 12.1 Å². The average molecular weight is 405 g/mol. The van der Waals surface area contributed by atoms with Crippen LogP contribution < -0.4 is 9.62 Å². The van der Waals surface area contributed by atoms with Gasteiger partial charge in [-0.15, -0.1) is 0 Å². The number of rotatable bonds is 5. The van der Waals surface area contributed by atoms with Crippen molar-refractivity contribution in [1.29, 1.82) is 5.26 Å². The molecular formula is C19H21ClN4O2S. The number of benzene rings is 2. The van der Waals surface area contributed by atoms with Gasteiger partial charge in [0.05, 0.1) is 16.9 Å². The maximum Gasteiger partial charge on any atom is 0.263 e. The van der Waals surface area contributed by atoms with E-state index in [9.17, 15) is 13.7 Å². The first-order valence-electron chi connectivity index (χ1n) is 8.73. The van der Waals surface area contributed by atoms with Crippen molar-refractivity contribution in [3.63, 3.8) is 0 Å². The highest BCUT2D eigenvalue weighted by atomic mass is 35.5. The second kappa shape index (κ2) is 8.17. The summed E-state index contributed by atoms with van der Waals surface area (Å²) in [5.74, 6) is 0. The lowest BCUT2D eigenvalue weighted by Gasteiger charge is -2.36. The Morgan fingerprint density at radius 3 is 2.52 bits per heavy atom. The Hall–Kier alpha value is -2.27. The largest absolute Gasteiger partial charge is 0.367 e. The molecule has 0 unspecified atom stereocenters. The molecular weight excluding hydrogens is 384 g/mol. The first-order valence-corrected chi connectivity index (χ1v) is 10.6. The van der Waals surface area contributed by atoms with Gasteiger partial charge in [-0.05, 0) is 36.9 Å². The van der Waals surface area contributed by atoms with Crippen LogP contribution in [0.3, 0.4) is 0 Å². The fourth-order valence-corrected chi connectivity index (χ4v) is 4.56. The van der Waals surface area contributed by atoms with Crippen LogP contribution in [0.5, 0.6) is 0 Å². The summed E-state index contributed by atoms with van der Waals surface area (Å²) in [5, 5.41) is 9.66. The number of hydrogen-bond acceptors (Lipinski definition) is 5. The predicted octanol–water partition coefficient (Wildman–Crippen LogP) is 3.15. The van der Waals surface area contributed by atoms with Gasteiger partial charge in [-0.1, -0.05) is 30.7 Å². The van der Waals surface area contributed by atoms with E-state index >= 15 is 0 Å². The number of piperazine rings is 1. The summed E-state index contributed by atoms with van der Waals surface area (Å²) in [6, 6.07) is 13.3. The van der Waals surface area contributed by atoms with Gasteiger partial charge in [-0.25, -0.2) is 8.42 Å². The third-order valence-electron chi connectivity index (χ3n) is 4.66. The molecule has 0 atom stereocenters. The molecule has 142 valence electrons. The Bertz CT molecular complexity index is 964. The number of likely N-dealkylation sites (N-methyl/N-ethyl adjacent to an activating group) is 1. The molecule has 27 heavy (non-hydrogen) atoms. The van der Waals surface area contributed by atoms with Crippen LogP contribution in [0.1, 0.15) is 12.5 Å². The summed E-state index contributed by atoms with van der Waals surface area (Å²) in [6.45, 7) is 6.58. The lowest BCUT2D eigenvalue weighted by atomic mass is 10.2. The van der Waals surface area contributed by atoms with E-state index in [2.05, 4.69) is 21.4 Å². The molecule has 6 nitrogen and oxygen atoms in total. The Labute approximate surface area is 165 Å². The molecule has 1 aliphatic heterocycles. The number of nitrogens with zero attached hydrogens (tertiary/aromatic N) is 3. The molecule has 2 aromatic rings. The zero-order chi connectivity index (χ0) is 19.4. The number of sulfonamides is 1. The number of nitrogens with one attached hydrogen (secondary N) is 1. The van der Waals surface area contributed by atoms with Crippen LogP contribution in [-0.2, 0) is 10.0 Å². The third-order valence-corrected chi connectivity index (χ3v) is 6.32. The molecule has 0 aromatic heterocycles. The maximum atomic E-state index is 12.9. The van der Waals surface area contributed by atoms with Crippen molar-refractivity contribution in [3.8, 4) is 6.07 Å². The zero-order valence-corrected chi connectivity index (χ0v) is 16.6. The molecule has 1 heterocycles. The fraction of sp³-hybridized carbons (Fsp3) is 0.316. The molecule has 3 rings (SSSR count). The SMILES string of the molecule is CCN1CCN(c2ccc(Cl)cc2NS(=O)(=O)c2ccccc2C#N)CC1. The van der Waals surface area contributed by atoms with E-state index < -0.39 is 10.0 Å². The van der Waals surface area contributed by atoms with Crippen molar-refractivity contribution in [2.75, 3.05) is 42.3 Å². The molecule has 8 heteroatoms. The van der Waals surface area contributed by atoms with Crippen LogP contribution >= 0.6 is 11.6 Å². The van der Waals surface area contributed by atoms with Crippen LogP contribution in [-0.4, -0.2) is 46.0 Å². The molecule has 2 aromatic carbocycles. The van der Waals surface area contributed by atoms with Gasteiger partial charge >= 0.3 is 0 Å². The van der Waals surface area contributed by atoms with Gasteiger partial charge in [0.1, 0.15) is 11.0 Å². The monoisotopic (exact) mass is 404 g/mol. The summed E-state index contributed by atoms with van der Waals surface area (Å²) in [5.41, 5.74) is 1.30. The van der Waals surface area contributed by atoms with Crippen LogP contribution in [0.15, 0.2) is 47.4 Å². The summed E-state index contributed by atoms with van der Waals surface area (Å²) in [6.07, 6.45) is 0. The van der Waals surface area contributed by atoms with Crippen LogP contribution in [0.2, 0.25) is 5.02 Å². The average Bonchev–Trinajstić information content (AvgIpc) is 2.68. The molecule has 0 amide bonds. The lowest BCUT2D eigenvalue weighted by molar-refractivity contribution is 0.271. The summed E-state index contributed by atoms with van der Waals surface area (Å²) < 4.78 is 28.4. The smallest absolute Gasteiger partial charge is 0.263 e. The first kappa shape index (κ1) is 19.5. The molecule has 0 saturated carbocycles. The number of anilines is 2. The van der Waals surface area contributed by atoms with Crippen molar-refractivity contribution in [3.05, 3.63) is 53.1 Å². The minimum atomic E-state index is -3.92. The Kier molecular flexibility index (Phi) is 5.90. The highest BCUT2D eigenvalue weighted by molar-refractivity contribution is 7.92. The highest BCUT2D eigenvalue weighted by Gasteiger charge is 2.23. The second-order valence-electron chi connectivity index (χ2n) is 6.30. The van der Waals surface area contributed by atoms with E-state index in [1.165, 1.54) is 12.1 Å².